The minimum absolute atomic E-state index is 0.0568. The van der Waals surface area contributed by atoms with E-state index in [0.717, 1.165) is 12.8 Å². The molecule has 0 saturated carbocycles. The predicted molar refractivity (Wildman–Crippen MR) is 179 cm³/mol. The van der Waals surface area contributed by atoms with Gasteiger partial charge in [0.2, 0.25) is 10.0 Å². The molecule has 2 unspecified atom stereocenters. The summed E-state index contributed by atoms with van der Waals surface area (Å²) >= 11 is 0. The largest absolute Gasteiger partial charge is 0.508 e. The summed E-state index contributed by atoms with van der Waals surface area (Å²) in [6, 6.07) is 9.75. The van der Waals surface area contributed by atoms with Gasteiger partial charge in [-0.05, 0) is 61.1 Å². The quantitative estimate of drug-likeness (QED) is 0.178. The number of hydrogen-bond donors (Lipinski definition) is 4. The number of likely N-dealkylation sites (N-methyl/N-ethyl adjacent to an activating group) is 1. The second-order valence-corrected chi connectivity index (χ2v) is 13.9. The van der Waals surface area contributed by atoms with Crippen LogP contribution in [0.1, 0.15) is 84.1 Å². The smallest absolute Gasteiger partial charge is 0.253 e. The lowest BCUT2D eigenvalue weighted by Gasteiger charge is -2.30. The molecule has 0 saturated heterocycles. The van der Waals surface area contributed by atoms with Crippen LogP contribution in [0.25, 0.3) is 0 Å². The van der Waals surface area contributed by atoms with Crippen LogP contribution in [0.5, 0.6) is 5.75 Å². The van der Waals surface area contributed by atoms with Crippen molar-refractivity contribution in [1.29, 1.82) is 0 Å². The van der Waals surface area contributed by atoms with Crippen molar-refractivity contribution < 1.29 is 33.0 Å². The number of aromatic hydroxyl groups is 1. The Kier molecular flexibility index (Phi) is 15.1. The van der Waals surface area contributed by atoms with Crippen LogP contribution >= 0.6 is 0 Å². The highest BCUT2D eigenvalue weighted by Crippen LogP contribution is 2.18. The number of hydrazine groups is 1. The molecule has 2 aromatic rings. The number of phenolic OH excluding ortho intramolecular Hbond substituents is 1. The molecule has 0 aromatic heterocycles. The van der Waals surface area contributed by atoms with Crippen LogP contribution in [0.2, 0.25) is 0 Å². The third kappa shape index (κ3) is 12.0. The number of rotatable bonds is 18. The number of carbonyl (C=O) groups is 3. The fourth-order valence-corrected chi connectivity index (χ4v) is 6.53. The standard InChI is InChI=1S/C33H51N5O7S/c1-8-15-37(16-9-2)33(43)27-19-25(18-26(20-27)32(42)36(6)7)31(41)34-29(17-24-11-13-28(39)14-12-24)30(40)21-38(10-3)35-46(44,45)22-23(4)5/h11-14,18-20,23,29-30,35,39-40H,8-10,15-17,21-22H2,1-7H3,(H,34,41). The summed E-state index contributed by atoms with van der Waals surface area (Å²) in [7, 11) is -0.505. The van der Waals surface area contributed by atoms with Gasteiger partial charge in [-0.2, -0.15) is 0 Å². The molecule has 0 bridgehead atoms. The molecule has 2 atom stereocenters. The van der Waals surface area contributed by atoms with Crippen molar-refractivity contribution in [3.63, 3.8) is 0 Å². The molecule has 12 nitrogen and oxygen atoms in total. The summed E-state index contributed by atoms with van der Waals surface area (Å²) in [5, 5.41) is 25.4. The fraction of sp³-hybridized carbons (Fsp3) is 0.545. The van der Waals surface area contributed by atoms with E-state index < -0.39 is 28.1 Å². The molecule has 0 fully saturated rings. The van der Waals surface area contributed by atoms with E-state index in [4.69, 9.17) is 0 Å². The zero-order chi connectivity index (χ0) is 34.6. The molecule has 0 aliphatic rings. The number of nitrogens with zero attached hydrogens (tertiary/aromatic N) is 3. The molecule has 0 spiro atoms. The lowest BCUT2D eigenvalue weighted by molar-refractivity contribution is 0.0634. The van der Waals surface area contributed by atoms with Gasteiger partial charge in [-0.25, -0.2) is 13.4 Å². The minimum Gasteiger partial charge on any atom is -0.508 e. The van der Waals surface area contributed by atoms with Crippen LogP contribution in [0.4, 0.5) is 0 Å². The van der Waals surface area contributed by atoms with Gasteiger partial charge in [0.15, 0.2) is 0 Å². The normalized spacial score (nSPS) is 13.0. The van der Waals surface area contributed by atoms with E-state index in [9.17, 15) is 33.0 Å². The summed E-state index contributed by atoms with van der Waals surface area (Å²) in [5.41, 5.74) is 1.14. The highest BCUT2D eigenvalue weighted by molar-refractivity contribution is 7.89. The first-order chi connectivity index (χ1) is 21.6. The van der Waals surface area contributed by atoms with E-state index in [2.05, 4.69) is 10.1 Å². The van der Waals surface area contributed by atoms with Gasteiger partial charge in [0.1, 0.15) is 5.75 Å². The van der Waals surface area contributed by atoms with E-state index in [1.165, 1.54) is 40.2 Å². The van der Waals surface area contributed by atoms with Gasteiger partial charge in [0.25, 0.3) is 17.7 Å². The van der Waals surface area contributed by atoms with Crippen molar-refractivity contribution in [3.05, 3.63) is 64.7 Å². The lowest BCUT2D eigenvalue weighted by Crippen LogP contribution is -2.53. The van der Waals surface area contributed by atoms with Crippen molar-refractivity contribution >= 4 is 27.7 Å². The second kappa shape index (κ2) is 18.0. The molecule has 256 valence electrons. The van der Waals surface area contributed by atoms with Crippen LogP contribution in [-0.2, 0) is 16.4 Å². The summed E-state index contributed by atoms with van der Waals surface area (Å²) in [6.45, 7) is 10.4. The van der Waals surface area contributed by atoms with Crippen LogP contribution in [0.15, 0.2) is 42.5 Å². The number of amides is 3. The molecule has 0 aliphatic heterocycles. The number of carbonyl (C=O) groups excluding carboxylic acids is 3. The zero-order valence-corrected chi connectivity index (χ0v) is 28.9. The SMILES string of the molecule is CCCN(CCC)C(=O)c1cc(C(=O)NC(Cc2ccc(O)cc2)C(O)CN(CC)NS(=O)(=O)CC(C)C)cc(C(=O)N(C)C)c1. The van der Waals surface area contributed by atoms with Gasteiger partial charge < -0.3 is 25.3 Å². The summed E-state index contributed by atoms with van der Waals surface area (Å²) in [6.07, 6.45) is 0.395. The van der Waals surface area contributed by atoms with Gasteiger partial charge in [-0.1, -0.05) is 46.8 Å². The molecular formula is C33H51N5O7S. The van der Waals surface area contributed by atoms with Gasteiger partial charge in [0.05, 0.1) is 17.9 Å². The average Bonchev–Trinajstić information content (AvgIpc) is 2.99. The first-order valence-corrected chi connectivity index (χ1v) is 17.4. The Labute approximate surface area is 273 Å². The third-order valence-electron chi connectivity index (χ3n) is 7.15. The Morgan fingerprint density at radius 2 is 1.41 bits per heavy atom. The molecule has 0 aliphatic carbocycles. The van der Waals surface area contributed by atoms with Crippen LogP contribution in [0.3, 0.4) is 0 Å². The summed E-state index contributed by atoms with van der Waals surface area (Å²) in [4.78, 5) is 45.9. The number of sulfonamides is 1. The van der Waals surface area contributed by atoms with Crippen molar-refractivity contribution in [2.24, 2.45) is 5.92 Å². The van der Waals surface area contributed by atoms with Gasteiger partial charge >= 0.3 is 0 Å². The van der Waals surface area contributed by atoms with Crippen molar-refractivity contribution in [2.75, 3.05) is 46.0 Å². The Morgan fingerprint density at radius 3 is 1.91 bits per heavy atom. The Morgan fingerprint density at radius 1 is 0.870 bits per heavy atom. The lowest BCUT2D eigenvalue weighted by atomic mass is 9.99. The first-order valence-electron chi connectivity index (χ1n) is 15.8. The van der Waals surface area contributed by atoms with Crippen LogP contribution < -0.4 is 10.1 Å². The number of aliphatic hydroxyl groups excluding tert-OH is 1. The van der Waals surface area contributed by atoms with Crippen molar-refractivity contribution in [3.8, 4) is 5.75 Å². The van der Waals surface area contributed by atoms with E-state index in [0.29, 0.717) is 18.7 Å². The highest BCUT2D eigenvalue weighted by Gasteiger charge is 2.28. The van der Waals surface area contributed by atoms with E-state index in [1.807, 2.05) is 13.8 Å². The van der Waals surface area contributed by atoms with E-state index in [-0.39, 0.29) is 65.4 Å². The molecule has 4 N–H and O–H groups in total. The molecule has 3 amide bonds. The topological polar surface area (TPSA) is 160 Å². The van der Waals surface area contributed by atoms with E-state index >= 15 is 0 Å². The third-order valence-corrected chi connectivity index (χ3v) is 8.79. The maximum Gasteiger partial charge on any atom is 0.253 e. The van der Waals surface area contributed by atoms with Gasteiger partial charge in [-0.15, -0.1) is 4.83 Å². The van der Waals surface area contributed by atoms with Gasteiger partial charge in [0, 0.05) is 57.0 Å². The van der Waals surface area contributed by atoms with Gasteiger partial charge in [-0.3, -0.25) is 14.4 Å². The van der Waals surface area contributed by atoms with Crippen molar-refractivity contribution in [2.45, 2.75) is 66.0 Å². The molecule has 2 rings (SSSR count). The fourth-order valence-electron chi connectivity index (χ4n) is 4.98. The minimum atomic E-state index is -3.66. The number of nitrogens with one attached hydrogen (secondary N) is 2. The number of hydrogen-bond acceptors (Lipinski definition) is 8. The summed E-state index contributed by atoms with van der Waals surface area (Å²) in [5.74, 6) is -1.43. The molecule has 0 heterocycles. The Bertz CT molecular complexity index is 1410. The van der Waals surface area contributed by atoms with E-state index in [1.54, 1.807) is 51.9 Å². The molecule has 46 heavy (non-hydrogen) atoms. The molecule has 2 aromatic carbocycles. The first kappa shape index (κ1) is 38.7. The highest BCUT2D eigenvalue weighted by atomic mass is 32.2. The molecule has 0 radical (unpaired) electrons. The summed E-state index contributed by atoms with van der Waals surface area (Å²) < 4.78 is 25.2. The number of aliphatic hydroxyl groups is 1. The zero-order valence-electron chi connectivity index (χ0n) is 28.1. The number of phenols is 1. The van der Waals surface area contributed by atoms with Crippen LogP contribution in [0, 0.1) is 5.92 Å². The van der Waals surface area contributed by atoms with Crippen molar-refractivity contribution in [1.82, 2.24) is 25.0 Å². The Balaban J connectivity index is 2.48. The Hall–Kier alpha value is -3.52. The molecule has 13 heteroatoms. The van der Waals surface area contributed by atoms with Crippen LogP contribution in [-0.4, -0.2) is 109 Å². The average molecular weight is 662 g/mol. The predicted octanol–water partition coefficient (Wildman–Crippen LogP) is 2.87. The number of benzene rings is 2. The maximum absolute atomic E-state index is 13.8. The second-order valence-electron chi connectivity index (χ2n) is 12.1. The molecular weight excluding hydrogens is 610 g/mol. The monoisotopic (exact) mass is 661 g/mol. The maximum atomic E-state index is 13.8.